The summed E-state index contributed by atoms with van der Waals surface area (Å²) in [6.07, 6.45) is 6.24. The number of rotatable bonds is 3. The van der Waals surface area contributed by atoms with Gasteiger partial charge in [-0.25, -0.2) is 4.31 Å². The molecule has 1 fully saturated rings. The van der Waals surface area contributed by atoms with Gasteiger partial charge in [0.15, 0.2) is 6.19 Å². The molecule has 1 saturated heterocycles. The number of anilines is 1. The largest absolute Gasteiger partial charge is 0.309 e. The molecule has 2 heterocycles. The van der Waals surface area contributed by atoms with E-state index < -0.39 is 10.2 Å². The van der Waals surface area contributed by atoms with Gasteiger partial charge in [-0.05, 0) is 29.7 Å². The second kappa shape index (κ2) is 7.06. The van der Waals surface area contributed by atoms with Crippen LogP contribution in [0.5, 0.6) is 0 Å². The van der Waals surface area contributed by atoms with Gasteiger partial charge < -0.3 is 4.90 Å². The molecule has 2 aliphatic rings. The molecule has 7 heteroatoms. The molecular weight excluding hydrogens is 360 g/mol. The molecule has 0 unspecified atom stereocenters. The van der Waals surface area contributed by atoms with Crippen LogP contribution >= 0.6 is 0 Å². The molecule has 1 atom stereocenters. The van der Waals surface area contributed by atoms with Crippen molar-refractivity contribution in [3.8, 4) is 17.3 Å². The van der Waals surface area contributed by atoms with E-state index >= 15 is 0 Å². The van der Waals surface area contributed by atoms with Crippen LogP contribution in [-0.4, -0.2) is 43.3 Å². The monoisotopic (exact) mass is 380 g/mol. The highest BCUT2D eigenvalue weighted by Crippen LogP contribution is 2.31. The standard InChI is InChI=1S/C20H20N4O2S/c21-16-22-13-10-20(15-22)24-12-5-11-23(27(24,25)26)19-9-4-8-18(14-19)17-6-2-1-3-7-17/h1-9,11,14,20H,10,12-13,15H2/t20-/m1/s1. The van der Waals surface area contributed by atoms with Crippen LogP contribution in [0.15, 0.2) is 66.9 Å². The van der Waals surface area contributed by atoms with E-state index in [0.29, 0.717) is 31.7 Å². The molecule has 0 radical (unpaired) electrons. The molecule has 0 aromatic heterocycles. The number of hydrogen-bond donors (Lipinski definition) is 0. The normalized spacial score (nSPS) is 22.0. The Morgan fingerprint density at radius 2 is 1.81 bits per heavy atom. The van der Waals surface area contributed by atoms with Gasteiger partial charge >= 0.3 is 10.2 Å². The number of likely N-dealkylation sites (tertiary alicyclic amines) is 1. The molecule has 0 aliphatic carbocycles. The van der Waals surface area contributed by atoms with Crippen LogP contribution in [0.25, 0.3) is 11.1 Å². The smallest absolute Gasteiger partial charge is 0.308 e. The summed E-state index contributed by atoms with van der Waals surface area (Å²) in [6.45, 7) is 1.38. The van der Waals surface area contributed by atoms with Crippen molar-refractivity contribution in [2.24, 2.45) is 0 Å². The van der Waals surface area contributed by atoms with Crippen molar-refractivity contribution >= 4 is 15.9 Å². The molecular formula is C20H20N4O2S. The van der Waals surface area contributed by atoms with Gasteiger partial charge in [0.2, 0.25) is 0 Å². The fraction of sp³-hybridized carbons (Fsp3) is 0.250. The van der Waals surface area contributed by atoms with Gasteiger partial charge in [0.05, 0.1) is 5.69 Å². The Morgan fingerprint density at radius 3 is 2.56 bits per heavy atom. The summed E-state index contributed by atoms with van der Waals surface area (Å²) in [5.74, 6) is 0. The van der Waals surface area contributed by atoms with Crippen LogP contribution in [0, 0.1) is 11.5 Å². The van der Waals surface area contributed by atoms with Crippen molar-refractivity contribution in [1.29, 1.82) is 5.26 Å². The molecule has 2 aromatic rings. The van der Waals surface area contributed by atoms with E-state index in [1.54, 1.807) is 17.2 Å². The van der Waals surface area contributed by atoms with E-state index in [-0.39, 0.29) is 6.04 Å². The Hall–Kier alpha value is -2.82. The lowest BCUT2D eigenvalue weighted by atomic mass is 10.1. The number of benzene rings is 2. The van der Waals surface area contributed by atoms with Crippen molar-refractivity contribution < 1.29 is 8.42 Å². The zero-order valence-corrected chi connectivity index (χ0v) is 15.6. The highest BCUT2D eigenvalue weighted by atomic mass is 32.2. The molecule has 0 N–H and O–H groups in total. The Kier molecular flexibility index (Phi) is 4.60. The van der Waals surface area contributed by atoms with Gasteiger partial charge in [-0.15, -0.1) is 0 Å². The van der Waals surface area contributed by atoms with Crippen molar-refractivity contribution in [3.63, 3.8) is 0 Å². The van der Waals surface area contributed by atoms with Gasteiger partial charge in [0.1, 0.15) is 0 Å². The lowest BCUT2D eigenvalue weighted by molar-refractivity contribution is 0.339. The summed E-state index contributed by atoms with van der Waals surface area (Å²) in [7, 11) is -3.69. The SMILES string of the molecule is N#CN1CC[C@@H](N2CC=CN(c3cccc(-c4ccccc4)c3)S2(=O)=O)C1. The van der Waals surface area contributed by atoms with Gasteiger partial charge in [0, 0.05) is 31.9 Å². The number of nitriles is 1. The molecule has 138 valence electrons. The van der Waals surface area contributed by atoms with E-state index in [1.807, 2.05) is 54.6 Å². The third-order valence-corrected chi connectivity index (χ3v) is 6.86. The van der Waals surface area contributed by atoms with Crippen LogP contribution in [0.4, 0.5) is 5.69 Å². The predicted molar refractivity (Wildman–Crippen MR) is 105 cm³/mol. The molecule has 0 amide bonds. The lowest BCUT2D eigenvalue weighted by Gasteiger charge is -2.35. The molecule has 0 bridgehead atoms. The molecule has 0 saturated carbocycles. The second-order valence-corrected chi connectivity index (χ2v) is 8.42. The van der Waals surface area contributed by atoms with Gasteiger partial charge in [-0.2, -0.15) is 18.0 Å². The van der Waals surface area contributed by atoms with Crippen LogP contribution < -0.4 is 4.31 Å². The summed E-state index contributed by atoms with van der Waals surface area (Å²) < 4.78 is 29.3. The molecule has 0 spiro atoms. The first-order chi connectivity index (χ1) is 13.1. The summed E-state index contributed by atoms with van der Waals surface area (Å²) in [5.41, 5.74) is 2.60. The highest BCUT2D eigenvalue weighted by Gasteiger charge is 2.39. The fourth-order valence-corrected chi connectivity index (χ4v) is 5.28. The summed E-state index contributed by atoms with van der Waals surface area (Å²) >= 11 is 0. The minimum Gasteiger partial charge on any atom is -0.309 e. The summed E-state index contributed by atoms with van der Waals surface area (Å²) in [4.78, 5) is 1.61. The van der Waals surface area contributed by atoms with Gasteiger partial charge in [-0.3, -0.25) is 0 Å². The van der Waals surface area contributed by atoms with Crippen molar-refractivity contribution in [2.75, 3.05) is 23.9 Å². The first-order valence-corrected chi connectivity index (χ1v) is 10.3. The molecule has 4 rings (SSSR count). The van der Waals surface area contributed by atoms with E-state index in [4.69, 9.17) is 5.26 Å². The third kappa shape index (κ3) is 3.29. The van der Waals surface area contributed by atoms with Crippen LogP contribution in [-0.2, 0) is 10.2 Å². The average Bonchev–Trinajstić information content (AvgIpc) is 3.17. The van der Waals surface area contributed by atoms with Gasteiger partial charge in [0.25, 0.3) is 0 Å². The Labute approximate surface area is 159 Å². The molecule has 27 heavy (non-hydrogen) atoms. The zero-order chi connectivity index (χ0) is 18.9. The molecule has 2 aromatic carbocycles. The minimum atomic E-state index is -3.69. The Bertz CT molecular complexity index is 998. The van der Waals surface area contributed by atoms with Crippen LogP contribution in [0.1, 0.15) is 6.42 Å². The van der Waals surface area contributed by atoms with Crippen molar-refractivity contribution in [3.05, 3.63) is 66.9 Å². The fourth-order valence-electron chi connectivity index (χ4n) is 3.61. The maximum absolute atomic E-state index is 13.2. The van der Waals surface area contributed by atoms with Crippen molar-refractivity contribution in [1.82, 2.24) is 9.21 Å². The van der Waals surface area contributed by atoms with Crippen LogP contribution in [0.3, 0.4) is 0 Å². The number of nitrogens with zero attached hydrogens (tertiary/aromatic N) is 4. The van der Waals surface area contributed by atoms with Crippen molar-refractivity contribution in [2.45, 2.75) is 12.5 Å². The van der Waals surface area contributed by atoms with E-state index in [2.05, 4.69) is 6.19 Å². The second-order valence-electron chi connectivity index (χ2n) is 6.66. The lowest BCUT2D eigenvalue weighted by Crippen LogP contribution is -2.50. The van der Waals surface area contributed by atoms with Gasteiger partial charge in [-0.1, -0.05) is 48.5 Å². The molecule has 2 aliphatic heterocycles. The minimum absolute atomic E-state index is 0.181. The maximum atomic E-state index is 13.2. The summed E-state index contributed by atoms with van der Waals surface area (Å²) in [5, 5.41) is 9.06. The highest BCUT2D eigenvalue weighted by molar-refractivity contribution is 7.90. The van der Waals surface area contributed by atoms with E-state index in [0.717, 1.165) is 11.1 Å². The van der Waals surface area contributed by atoms with Crippen LogP contribution in [0.2, 0.25) is 0 Å². The quantitative estimate of drug-likeness (QED) is 0.768. The first-order valence-electron chi connectivity index (χ1n) is 8.87. The maximum Gasteiger partial charge on any atom is 0.308 e. The Morgan fingerprint density at radius 1 is 1.04 bits per heavy atom. The summed E-state index contributed by atoms with van der Waals surface area (Å²) in [6, 6.07) is 17.2. The van der Waals surface area contributed by atoms with E-state index in [9.17, 15) is 8.42 Å². The number of hydrogen-bond acceptors (Lipinski definition) is 4. The topological polar surface area (TPSA) is 67.7 Å². The molecule has 6 nitrogen and oxygen atoms in total. The average molecular weight is 380 g/mol. The Balaban J connectivity index is 1.65. The predicted octanol–water partition coefficient (Wildman–Crippen LogP) is 2.79. The van der Waals surface area contributed by atoms with E-state index in [1.165, 1.54) is 8.61 Å². The zero-order valence-electron chi connectivity index (χ0n) is 14.8. The first kappa shape index (κ1) is 17.6. The third-order valence-electron chi connectivity index (χ3n) is 4.99.